The molecule has 0 radical (unpaired) electrons. The molecule has 0 spiro atoms. The quantitative estimate of drug-likeness (QED) is 0.428. The molecular weight excluding hydrogens is 198 g/mol. The molecule has 1 N–H and O–H groups in total. The van der Waals surface area contributed by atoms with Gasteiger partial charge in [-0.3, -0.25) is 0 Å². The lowest BCUT2D eigenvalue weighted by Gasteiger charge is -2.17. The lowest BCUT2D eigenvalue weighted by atomic mass is 10.1. The molecule has 0 aliphatic rings. The van der Waals surface area contributed by atoms with Crippen LogP contribution >= 0.6 is 0 Å². The number of unbranched alkanes of at least 4 members (excludes halogenated alkanes) is 7. The second-order valence-corrected chi connectivity index (χ2v) is 10.5. The lowest BCUT2D eigenvalue weighted by molar-refractivity contribution is 0.573. The molecular formula is C13H31NSi. The van der Waals surface area contributed by atoms with Crippen LogP contribution in [0.4, 0.5) is 0 Å². The van der Waals surface area contributed by atoms with E-state index >= 15 is 0 Å². The van der Waals surface area contributed by atoms with E-state index in [1.807, 2.05) is 0 Å². The summed E-state index contributed by atoms with van der Waals surface area (Å²) in [5.74, 6) is 0. The Bertz CT molecular complexity index is 129. The smallest absolute Gasteiger partial charge is 0.116 e. The van der Waals surface area contributed by atoms with Crippen LogP contribution in [0.15, 0.2) is 0 Å². The van der Waals surface area contributed by atoms with Crippen LogP contribution < -0.4 is 4.98 Å². The number of rotatable bonds is 10. The molecule has 0 unspecified atom stereocenters. The average Bonchev–Trinajstić information content (AvgIpc) is 2.14. The van der Waals surface area contributed by atoms with Crippen LogP contribution in [-0.4, -0.2) is 14.8 Å². The molecule has 0 heterocycles. The van der Waals surface area contributed by atoms with E-state index in [-0.39, 0.29) is 0 Å². The van der Waals surface area contributed by atoms with Gasteiger partial charge in [-0.15, -0.1) is 0 Å². The largest absolute Gasteiger partial charge is 0.337 e. The van der Waals surface area contributed by atoms with E-state index in [1.165, 1.54) is 57.9 Å². The molecule has 0 aliphatic carbocycles. The Kier molecular flexibility index (Phi) is 9.52. The SMILES string of the molecule is CCCCCCCCCCN[Si](C)(C)C. The summed E-state index contributed by atoms with van der Waals surface area (Å²) in [6.45, 7) is 10.6. The highest BCUT2D eigenvalue weighted by atomic mass is 28.3. The van der Waals surface area contributed by atoms with E-state index in [0.29, 0.717) is 0 Å². The van der Waals surface area contributed by atoms with E-state index in [9.17, 15) is 0 Å². The summed E-state index contributed by atoms with van der Waals surface area (Å²) < 4.78 is 0. The van der Waals surface area contributed by atoms with Crippen molar-refractivity contribution in [1.29, 1.82) is 0 Å². The van der Waals surface area contributed by atoms with E-state index in [0.717, 1.165) is 0 Å². The molecule has 0 fully saturated rings. The second-order valence-electron chi connectivity index (χ2n) is 5.65. The van der Waals surface area contributed by atoms with Crippen LogP contribution in [0.25, 0.3) is 0 Å². The van der Waals surface area contributed by atoms with Gasteiger partial charge in [0.25, 0.3) is 0 Å². The summed E-state index contributed by atoms with van der Waals surface area (Å²) in [5, 5.41) is 0. The second kappa shape index (κ2) is 9.41. The minimum atomic E-state index is -0.993. The van der Waals surface area contributed by atoms with E-state index in [1.54, 1.807) is 0 Å². The molecule has 0 saturated heterocycles. The fourth-order valence-electron chi connectivity index (χ4n) is 1.72. The number of hydrogen-bond acceptors (Lipinski definition) is 1. The van der Waals surface area contributed by atoms with Crippen molar-refractivity contribution in [3.05, 3.63) is 0 Å². The Morgan fingerprint density at radius 1 is 0.733 bits per heavy atom. The third kappa shape index (κ3) is 14.2. The molecule has 0 atom stereocenters. The van der Waals surface area contributed by atoms with Crippen molar-refractivity contribution in [2.45, 2.75) is 77.9 Å². The van der Waals surface area contributed by atoms with Gasteiger partial charge in [0.15, 0.2) is 0 Å². The minimum Gasteiger partial charge on any atom is -0.337 e. The molecule has 0 rings (SSSR count). The van der Waals surface area contributed by atoms with Crippen molar-refractivity contribution in [3.63, 3.8) is 0 Å². The van der Waals surface area contributed by atoms with Crippen LogP contribution in [0.3, 0.4) is 0 Å². The van der Waals surface area contributed by atoms with Gasteiger partial charge in [-0.05, 0) is 13.0 Å². The Labute approximate surface area is 98.1 Å². The predicted octanol–water partition coefficient (Wildman–Crippen LogP) is 4.55. The fourth-order valence-corrected chi connectivity index (χ4v) is 2.65. The summed E-state index contributed by atoms with van der Waals surface area (Å²) in [7, 11) is -0.993. The molecule has 0 aromatic carbocycles. The van der Waals surface area contributed by atoms with Gasteiger partial charge in [0.2, 0.25) is 0 Å². The van der Waals surface area contributed by atoms with Gasteiger partial charge in [0, 0.05) is 0 Å². The standard InChI is InChI=1S/C13H31NSi/c1-5-6-7-8-9-10-11-12-13-14-15(2,3)4/h14H,5-13H2,1-4H3. The molecule has 0 aromatic rings. The Hall–Kier alpha value is 0.177. The fraction of sp³-hybridized carbons (Fsp3) is 1.00. The van der Waals surface area contributed by atoms with Gasteiger partial charge >= 0.3 is 0 Å². The van der Waals surface area contributed by atoms with Crippen LogP contribution in [0, 0.1) is 0 Å². The first-order chi connectivity index (χ1) is 7.06. The summed E-state index contributed by atoms with van der Waals surface area (Å²) in [5.41, 5.74) is 0. The first-order valence-corrected chi connectivity index (χ1v) is 10.3. The highest BCUT2D eigenvalue weighted by Gasteiger charge is 2.10. The topological polar surface area (TPSA) is 12.0 Å². The molecule has 2 heteroatoms. The van der Waals surface area contributed by atoms with E-state index in [4.69, 9.17) is 0 Å². The maximum absolute atomic E-state index is 3.67. The van der Waals surface area contributed by atoms with Crippen LogP contribution in [0.5, 0.6) is 0 Å². The molecule has 0 amide bonds. The highest BCUT2D eigenvalue weighted by Crippen LogP contribution is 2.08. The lowest BCUT2D eigenvalue weighted by Crippen LogP contribution is -2.41. The van der Waals surface area contributed by atoms with Crippen molar-refractivity contribution in [2.24, 2.45) is 0 Å². The Morgan fingerprint density at radius 3 is 1.67 bits per heavy atom. The zero-order valence-corrected chi connectivity index (χ0v) is 12.4. The number of hydrogen-bond donors (Lipinski definition) is 1. The van der Waals surface area contributed by atoms with Crippen LogP contribution in [0.1, 0.15) is 58.3 Å². The van der Waals surface area contributed by atoms with Crippen molar-refractivity contribution in [3.8, 4) is 0 Å². The van der Waals surface area contributed by atoms with Gasteiger partial charge < -0.3 is 4.98 Å². The van der Waals surface area contributed by atoms with Gasteiger partial charge in [-0.1, -0.05) is 71.5 Å². The van der Waals surface area contributed by atoms with E-state index in [2.05, 4.69) is 31.5 Å². The maximum atomic E-state index is 3.67. The summed E-state index contributed by atoms with van der Waals surface area (Å²) in [6, 6.07) is 0. The van der Waals surface area contributed by atoms with E-state index < -0.39 is 8.24 Å². The monoisotopic (exact) mass is 229 g/mol. The van der Waals surface area contributed by atoms with Gasteiger partial charge in [-0.25, -0.2) is 0 Å². The number of nitrogens with one attached hydrogen (secondary N) is 1. The van der Waals surface area contributed by atoms with Gasteiger partial charge in [0.05, 0.1) is 0 Å². The normalized spacial score (nSPS) is 12.0. The molecule has 0 aromatic heterocycles. The van der Waals surface area contributed by atoms with Crippen molar-refractivity contribution >= 4 is 8.24 Å². The first-order valence-electron chi connectivity index (χ1n) is 6.81. The van der Waals surface area contributed by atoms with Crippen molar-refractivity contribution in [2.75, 3.05) is 6.54 Å². The van der Waals surface area contributed by atoms with Gasteiger partial charge in [-0.2, -0.15) is 0 Å². The van der Waals surface area contributed by atoms with Crippen LogP contribution in [0.2, 0.25) is 19.6 Å². The Morgan fingerprint density at radius 2 is 1.20 bits per heavy atom. The highest BCUT2D eigenvalue weighted by molar-refractivity contribution is 6.73. The minimum absolute atomic E-state index is 0.993. The summed E-state index contributed by atoms with van der Waals surface area (Å²) in [4.78, 5) is 3.67. The molecule has 0 bridgehead atoms. The van der Waals surface area contributed by atoms with Crippen molar-refractivity contribution in [1.82, 2.24) is 4.98 Å². The predicted molar refractivity (Wildman–Crippen MR) is 74.0 cm³/mol. The average molecular weight is 229 g/mol. The molecule has 1 nitrogen and oxygen atoms in total. The van der Waals surface area contributed by atoms with Crippen molar-refractivity contribution < 1.29 is 0 Å². The maximum Gasteiger partial charge on any atom is 0.116 e. The third-order valence-corrected chi connectivity index (χ3v) is 4.00. The molecule has 15 heavy (non-hydrogen) atoms. The van der Waals surface area contributed by atoms with Gasteiger partial charge in [0.1, 0.15) is 8.24 Å². The zero-order chi connectivity index (χ0) is 11.6. The first kappa shape index (κ1) is 15.2. The molecule has 92 valence electrons. The Balaban J connectivity index is 2.99. The third-order valence-electron chi connectivity index (χ3n) is 2.69. The molecule has 0 aliphatic heterocycles. The summed E-state index contributed by atoms with van der Waals surface area (Å²) in [6.07, 6.45) is 11.4. The zero-order valence-electron chi connectivity index (χ0n) is 11.4. The van der Waals surface area contributed by atoms with Crippen LogP contribution in [-0.2, 0) is 0 Å². The summed E-state index contributed by atoms with van der Waals surface area (Å²) >= 11 is 0. The molecule has 0 saturated carbocycles.